The van der Waals surface area contributed by atoms with Crippen molar-refractivity contribution in [3.05, 3.63) is 23.8 Å². The van der Waals surface area contributed by atoms with E-state index in [2.05, 4.69) is 0 Å². The van der Waals surface area contributed by atoms with Crippen molar-refractivity contribution in [2.45, 2.75) is 25.8 Å². The number of fused-ring (bicyclic) bond motifs is 1. The Balaban J connectivity index is 2.34. The van der Waals surface area contributed by atoms with Crippen LogP contribution in [0.15, 0.2) is 18.2 Å². The van der Waals surface area contributed by atoms with Crippen LogP contribution in [0.1, 0.15) is 19.4 Å². The number of anilines is 2. The molecule has 4 heteroatoms. The Labute approximate surface area is 108 Å². The number of carbonyl (C=O) groups excluding carboxylic acids is 1. The molecule has 4 nitrogen and oxygen atoms in total. The highest BCUT2D eigenvalue weighted by Gasteiger charge is 2.27. The predicted octanol–water partition coefficient (Wildman–Crippen LogP) is 1.41. The van der Waals surface area contributed by atoms with Crippen LogP contribution in [0.3, 0.4) is 0 Å². The second-order valence-electron chi connectivity index (χ2n) is 5.47. The molecule has 1 aromatic rings. The van der Waals surface area contributed by atoms with Crippen molar-refractivity contribution >= 4 is 17.3 Å². The maximum Gasteiger partial charge on any atom is 0.231 e. The van der Waals surface area contributed by atoms with Crippen molar-refractivity contribution in [2.24, 2.45) is 0 Å². The molecule has 1 amide bonds. The van der Waals surface area contributed by atoms with Crippen molar-refractivity contribution in [2.75, 3.05) is 30.5 Å². The van der Waals surface area contributed by atoms with Gasteiger partial charge in [-0.1, -0.05) is 0 Å². The highest BCUT2D eigenvalue weighted by molar-refractivity contribution is 6.01. The smallest absolute Gasteiger partial charge is 0.231 e. The fourth-order valence-electron chi connectivity index (χ4n) is 2.12. The first-order valence-corrected chi connectivity index (χ1v) is 6.11. The van der Waals surface area contributed by atoms with E-state index >= 15 is 0 Å². The summed E-state index contributed by atoms with van der Waals surface area (Å²) in [6.45, 7) is 4.05. The van der Waals surface area contributed by atoms with Gasteiger partial charge in [-0.05, 0) is 37.6 Å². The maximum atomic E-state index is 11.6. The van der Waals surface area contributed by atoms with Crippen LogP contribution >= 0.6 is 0 Å². The average molecular weight is 248 g/mol. The van der Waals surface area contributed by atoms with Crippen LogP contribution in [0.2, 0.25) is 0 Å². The zero-order valence-electron chi connectivity index (χ0n) is 11.4. The van der Waals surface area contributed by atoms with Gasteiger partial charge < -0.3 is 14.9 Å². The third-order valence-electron chi connectivity index (χ3n) is 3.82. The molecule has 0 aromatic heterocycles. The molecule has 0 unspecified atom stereocenters. The first kappa shape index (κ1) is 12.9. The number of carbonyl (C=O) groups is 1. The van der Waals surface area contributed by atoms with Gasteiger partial charge >= 0.3 is 0 Å². The summed E-state index contributed by atoms with van der Waals surface area (Å²) in [5.74, 6) is 0.131. The fourth-order valence-corrected chi connectivity index (χ4v) is 2.12. The van der Waals surface area contributed by atoms with Gasteiger partial charge in [-0.15, -0.1) is 0 Å². The van der Waals surface area contributed by atoms with E-state index < -0.39 is 0 Å². The first-order valence-electron chi connectivity index (χ1n) is 6.11. The minimum atomic E-state index is -0.317. The third kappa shape index (κ3) is 1.97. The molecular weight excluding hydrogens is 228 g/mol. The van der Waals surface area contributed by atoms with Gasteiger partial charge in [-0.2, -0.15) is 0 Å². The Kier molecular flexibility index (Phi) is 3.07. The number of aliphatic hydroxyl groups is 1. The molecule has 0 saturated carbocycles. The lowest BCUT2D eigenvalue weighted by Gasteiger charge is -2.36. The molecule has 0 radical (unpaired) electrons. The summed E-state index contributed by atoms with van der Waals surface area (Å²) in [5, 5.41) is 9.40. The van der Waals surface area contributed by atoms with E-state index in [-0.39, 0.29) is 18.1 Å². The average Bonchev–Trinajstić information content (AvgIpc) is 2.63. The Bertz CT molecular complexity index is 483. The van der Waals surface area contributed by atoms with Gasteiger partial charge in [-0.3, -0.25) is 4.79 Å². The Morgan fingerprint density at radius 1 is 1.44 bits per heavy atom. The lowest BCUT2D eigenvalue weighted by molar-refractivity contribution is -0.117. The van der Waals surface area contributed by atoms with Crippen LogP contribution in [-0.4, -0.2) is 37.3 Å². The number of hydrogen-bond donors (Lipinski definition) is 1. The molecule has 98 valence electrons. The van der Waals surface area contributed by atoms with Gasteiger partial charge in [0.2, 0.25) is 5.91 Å². The molecule has 1 N–H and O–H groups in total. The minimum absolute atomic E-state index is 0.0828. The number of hydrogen-bond acceptors (Lipinski definition) is 3. The quantitative estimate of drug-likeness (QED) is 0.879. The van der Waals surface area contributed by atoms with E-state index in [0.717, 1.165) is 16.9 Å². The maximum absolute atomic E-state index is 11.6. The van der Waals surface area contributed by atoms with Crippen LogP contribution in [0, 0.1) is 0 Å². The number of amides is 1. The van der Waals surface area contributed by atoms with Gasteiger partial charge in [-0.25, -0.2) is 0 Å². The van der Waals surface area contributed by atoms with Gasteiger partial charge in [0.05, 0.1) is 18.6 Å². The third-order valence-corrected chi connectivity index (χ3v) is 3.82. The number of benzene rings is 1. The predicted molar refractivity (Wildman–Crippen MR) is 73.1 cm³/mol. The molecule has 18 heavy (non-hydrogen) atoms. The van der Waals surface area contributed by atoms with Gasteiger partial charge in [0.25, 0.3) is 0 Å². The summed E-state index contributed by atoms with van der Waals surface area (Å²) < 4.78 is 0. The topological polar surface area (TPSA) is 43.8 Å². The fraction of sp³-hybridized carbons (Fsp3) is 0.500. The van der Waals surface area contributed by atoms with Gasteiger partial charge in [0.1, 0.15) is 0 Å². The van der Waals surface area contributed by atoms with Crippen LogP contribution in [0.25, 0.3) is 0 Å². The van der Waals surface area contributed by atoms with Crippen molar-refractivity contribution in [1.82, 2.24) is 0 Å². The molecule has 1 heterocycles. The lowest BCUT2D eigenvalue weighted by Crippen LogP contribution is -2.44. The molecule has 1 aromatic carbocycles. The molecule has 0 bridgehead atoms. The van der Waals surface area contributed by atoms with Crippen molar-refractivity contribution in [3.8, 4) is 0 Å². The normalized spacial score (nSPS) is 14.9. The second-order valence-corrected chi connectivity index (χ2v) is 5.47. The van der Waals surface area contributed by atoms with Crippen LogP contribution < -0.4 is 9.80 Å². The van der Waals surface area contributed by atoms with E-state index in [1.54, 1.807) is 11.9 Å². The van der Waals surface area contributed by atoms with Crippen LogP contribution in [-0.2, 0) is 11.2 Å². The Hall–Kier alpha value is -1.55. The summed E-state index contributed by atoms with van der Waals surface area (Å²) in [5.41, 5.74) is 2.75. The summed E-state index contributed by atoms with van der Waals surface area (Å²) in [4.78, 5) is 15.4. The SMILES string of the molecule is CN1C(=O)Cc2cc(N(C)C(C)(C)CO)ccc21. The van der Waals surface area contributed by atoms with Gasteiger partial charge in [0.15, 0.2) is 0 Å². The number of nitrogens with zero attached hydrogens (tertiary/aromatic N) is 2. The molecule has 1 aliphatic rings. The van der Waals surface area contributed by atoms with Crippen molar-refractivity contribution in [1.29, 1.82) is 0 Å². The molecule has 2 rings (SSSR count). The lowest BCUT2D eigenvalue weighted by atomic mass is 10.0. The molecular formula is C14H20N2O2. The molecule has 0 atom stereocenters. The van der Waals surface area contributed by atoms with E-state index in [4.69, 9.17) is 0 Å². The van der Waals surface area contributed by atoms with E-state index in [1.807, 2.05) is 44.0 Å². The number of aliphatic hydroxyl groups excluding tert-OH is 1. The zero-order chi connectivity index (χ0) is 13.5. The van der Waals surface area contributed by atoms with E-state index in [9.17, 15) is 9.90 Å². The number of likely N-dealkylation sites (N-methyl/N-ethyl adjacent to an activating group) is 2. The van der Waals surface area contributed by atoms with Crippen molar-refractivity contribution in [3.63, 3.8) is 0 Å². The zero-order valence-corrected chi connectivity index (χ0v) is 11.4. The van der Waals surface area contributed by atoms with Gasteiger partial charge in [0, 0.05) is 25.5 Å². The summed E-state index contributed by atoms with van der Waals surface area (Å²) >= 11 is 0. The summed E-state index contributed by atoms with van der Waals surface area (Å²) in [7, 11) is 3.76. The first-order chi connectivity index (χ1) is 8.36. The molecule has 0 fully saturated rings. The van der Waals surface area contributed by atoms with Crippen molar-refractivity contribution < 1.29 is 9.90 Å². The highest BCUT2D eigenvalue weighted by Crippen LogP contribution is 2.32. The Morgan fingerprint density at radius 3 is 2.72 bits per heavy atom. The highest BCUT2D eigenvalue weighted by atomic mass is 16.3. The monoisotopic (exact) mass is 248 g/mol. The summed E-state index contributed by atoms with van der Waals surface area (Å²) in [6.07, 6.45) is 0.465. The largest absolute Gasteiger partial charge is 0.394 e. The Morgan fingerprint density at radius 2 is 2.11 bits per heavy atom. The van der Waals surface area contributed by atoms with Crippen LogP contribution in [0.4, 0.5) is 11.4 Å². The molecule has 1 aliphatic heterocycles. The molecule has 0 spiro atoms. The van der Waals surface area contributed by atoms with E-state index in [0.29, 0.717) is 6.42 Å². The molecule has 0 aliphatic carbocycles. The standard InChI is InChI=1S/C14H20N2O2/c1-14(2,9-17)16(4)11-5-6-12-10(7-11)8-13(18)15(12)3/h5-7,17H,8-9H2,1-4H3. The van der Waals surface area contributed by atoms with E-state index in [1.165, 1.54) is 0 Å². The number of rotatable bonds is 3. The summed E-state index contributed by atoms with van der Waals surface area (Å²) in [6, 6.07) is 6.00. The minimum Gasteiger partial charge on any atom is -0.394 e. The second kappa shape index (κ2) is 4.28. The van der Waals surface area contributed by atoms with Crippen LogP contribution in [0.5, 0.6) is 0 Å². The molecule has 0 saturated heterocycles.